The summed E-state index contributed by atoms with van der Waals surface area (Å²) in [6, 6.07) is 3.95. The second-order valence-corrected chi connectivity index (χ2v) is 5.83. The first-order valence-corrected chi connectivity index (χ1v) is 7.99. The highest BCUT2D eigenvalue weighted by atomic mass is 35.5. The molecule has 0 aliphatic heterocycles. The Morgan fingerprint density at radius 1 is 1.25 bits per heavy atom. The van der Waals surface area contributed by atoms with E-state index in [0.717, 1.165) is 11.3 Å². The van der Waals surface area contributed by atoms with E-state index in [1.165, 1.54) is 6.20 Å². The summed E-state index contributed by atoms with van der Waals surface area (Å²) in [6.45, 7) is 6.34. The van der Waals surface area contributed by atoms with Crippen molar-refractivity contribution in [1.29, 1.82) is 0 Å². The van der Waals surface area contributed by atoms with E-state index in [-0.39, 0.29) is 12.2 Å². The molecule has 0 unspecified atom stereocenters. The highest BCUT2D eigenvalue weighted by molar-refractivity contribution is 6.38. The van der Waals surface area contributed by atoms with Gasteiger partial charge in [0.1, 0.15) is 0 Å². The van der Waals surface area contributed by atoms with Gasteiger partial charge < -0.3 is 4.74 Å². The third kappa shape index (κ3) is 2.97. The number of carbonyl (C=O) groups is 1. The van der Waals surface area contributed by atoms with Gasteiger partial charge in [-0.1, -0.05) is 17.7 Å². The predicted octanol–water partition coefficient (Wildman–Crippen LogP) is 3.32. The Morgan fingerprint density at radius 2 is 2.04 bits per heavy atom. The molecule has 3 aromatic heterocycles. The van der Waals surface area contributed by atoms with Crippen LogP contribution in [0.15, 0.2) is 24.5 Å². The number of rotatable bonds is 4. The van der Waals surface area contributed by atoms with Crippen LogP contribution < -0.4 is 0 Å². The van der Waals surface area contributed by atoms with Gasteiger partial charge in [-0.15, -0.1) is 0 Å². The zero-order valence-electron chi connectivity index (χ0n) is 13.7. The van der Waals surface area contributed by atoms with Gasteiger partial charge in [0.15, 0.2) is 5.65 Å². The first-order valence-electron chi connectivity index (χ1n) is 7.61. The van der Waals surface area contributed by atoms with E-state index < -0.39 is 5.97 Å². The van der Waals surface area contributed by atoms with Crippen LogP contribution in [-0.2, 0) is 11.3 Å². The van der Waals surface area contributed by atoms with Crippen molar-refractivity contribution in [2.24, 2.45) is 0 Å². The zero-order valence-corrected chi connectivity index (χ0v) is 14.5. The summed E-state index contributed by atoms with van der Waals surface area (Å²) in [5.74, 6) is -0.480. The van der Waals surface area contributed by atoms with Crippen molar-refractivity contribution >= 4 is 28.6 Å². The van der Waals surface area contributed by atoms with Crippen molar-refractivity contribution in [1.82, 2.24) is 19.7 Å². The minimum Gasteiger partial charge on any atom is -0.462 e. The summed E-state index contributed by atoms with van der Waals surface area (Å²) >= 11 is 6.41. The summed E-state index contributed by atoms with van der Waals surface area (Å²) in [6.07, 6.45) is 3.25. The summed E-state index contributed by atoms with van der Waals surface area (Å²) in [4.78, 5) is 20.6. The molecule has 0 atom stereocenters. The largest absolute Gasteiger partial charge is 0.462 e. The van der Waals surface area contributed by atoms with Crippen LogP contribution in [0.2, 0.25) is 5.02 Å². The van der Waals surface area contributed by atoms with Crippen LogP contribution in [0.25, 0.3) is 11.0 Å². The molecule has 0 aliphatic carbocycles. The molecule has 0 saturated carbocycles. The fraction of sp³-hybridized carbons (Fsp3) is 0.294. The maximum atomic E-state index is 12.0. The van der Waals surface area contributed by atoms with Crippen molar-refractivity contribution < 1.29 is 9.53 Å². The van der Waals surface area contributed by atoms with E-state index in [9.17, 15) is 4.79 Å². The molecule has 24 heavy (non-hydrogen) atoms. The SMILES string of the molecule is CCOC(=O)c1cnc2c(c(C)nn2Cc2ccc(C)nc2)c1Cl. The third-order valence-corrected chi connectivity index (χ3v) is 4.07. The van der Waals surface area contributed by atoms with E-state index in [1.54, 1.807) is 11.6 Å². The highest BCUT2D eigenvalue weighted by Gasteiger charge is 2.20. The summed E-state index contributed by atoms with van der Waals surface area (Å²) < 4.78 is 6.77. The number of carbonyl (C=O) groups excluding carboxylic acids is 1. The summed E-state index contributed by atoms with van der Waals surface area (Å²) in [5, 5.41) is 5.50. The van der Waals surface area contributed by atoms with Gasteiger partial charge in [-0.2, -0.15) is 5.10 Å². The number of fused-ring (bicyclic) bond motifs is 1. The van der Waals surface area contributed by atoms with Crippen molar-refractivity contribution in [3.8, 4) is 0 Å². The van der Waals surface area contributed by atoms with Crippen LogP contribution in [0.3, 0.4) is 0 Å². The van der Waals surface area contributed by atoms with Gasteiger partial charge in [0, 0.05) is 18.1 Å². The number of hydrogen-bond donors (Lipinski definition) is 0. The maximum Gasteiger partial charge on any atom is 0.341 e. The zero-order chi connectivity index (χ0) is 17.3. The fourth-order valence-corrected chi connectivity index (χ4v) is 2.85. The molecule has 124 valence electrons. The minimum atomic E-state index is -0.480. The third-order valence-electron chi connectivity index (χ3n) is 3.67. The Balaban J connectivity index is 2.04. The van der Waals surface area contributed by atoms with Gasteiger partial charge in [0.25, 0.3) is 0 Å². The van der Waals surface area contributed by atoms with Crippen LogP contribution in [-0.4, -0.2) is 32.3 Å². The van der Waals surface area contributed by atoms with Gasteiger partial charge in [0.2, 0.25) is 0 Å². The Kier molecular flexibility index (Phi) is 4.49. The molecular formula is C17H17ClN4O2. The number of esters is 1. The topological polar surface area (TPSA) is 69.9 Å². The second kappa shape index (κ2) is 6.57. The molecular weight excluding hydrogens is 328 g/mol. The van der Waals surface area contributed by atoms with Gasteiger partial charge in [-0.05, 0) is 32.4 Å². The number of hydrogen-bond acceptors (Lipinski definition) is 5. The number of pyridine rings is 2. The maximum absolute atomic E-state index is 12.0. The quantitative estimate of drug-likeness (QED) is 0.679. The molecule has 0 aliphatic rings. The Morgan fingerprint density at radius 3 is 2.71 bits per heavy atom. The van der Waals surface area contributed by atoms with Gasteiger partial charge in [0.05, 0.1) is 34.8 Å². The molecule has 0 N–H and O–H groups in total. The van der Waals surface area contributed by atoms with Crippen LogP contribution in [0, 0.1) is 13.8 Å². The molecule has 3 aromatic rings. The number of halogens is 1. The van der Waals surface area contributed by atoms with E-state index >= 15 is 0 Å². The molecule has 7 heteroatoms. The first kappa shape index (κ1) is 16.4. The summed E-state index contributed by atoms with van der Waals surface area (Å²) in [7, 11) is 0. The monoisotopic (exact) mass is 344 g/mol. The standard InChI is InChI=1S/C17H17ClN4O2/c1-4-24-17(23)13-8-20-16-14(15(13)18)11(3)21-22(16)9-12-6-5-10(2)19-7-12/h5-8H,4,9H2,1-3H3. The highest BCUT2D eigenvalue weighted by Crippen LogP contribution is 2.29. The molecule has 6 nitrogen and oxygen atoms in total. The lowest BCUT2D eigenvalue weighted by atomic mass is 10.2. The molecule has 0 aromatic carbocycles. The smallest absolute Gasteiger partial charge is 0.341 e. The lowest BCUT2D eigenvalue weighted by Crippen LogP contribution is -2.07. The molecule has 0 spiro atoms. The Bertz CT molecular complexity index is 903. The van der Waals surface area contributed by atoms with Crippen LogP contribution in [0.4, 0.5) is 0 Å². The van der Waals surface area contributed by atoms with E-state index in [2.05, 4.69) is 15.1 Å². The van der Waals surface area contributed by atoms with Gasteiger partial charge >= 0.3 is 5.97 Å². The molecule has 3 rings (SSSR count). The van der Waals surface area contributed by atoms with Crippen molar-refractivity contribution in [3.05, 3.63) is 52.1 Å². The van der Waals surface area contributed by atoms with Crippen molar-refractivity contribution in [3.63, 3.8) is 0 Å². The number of ether oxygens (including phenoxy) is 1. The lowest BCUT2D eigenvalue weighted by molar-refractivity contribution is 0.0526. The second-order valence-electron chi connectivity index (χ2n) is 5.46. The Hall–Kier alpha value is -2.47. The average molecular weight is 345 g/mol. The van der Waals surface area contributed by atoms with Crippen molar-refractivity contribution in [2.45, 2.75) is 27.3 Å². The van der Waals surface area contributed by atoms with Crippen LogP contribution in [0.1, 0.15) is 34.2 Å². The molecule has 0 radical (unpaired) electrons. The predicted molar refractivity (Wildman–Crippen MR) is 91.3 cm³/mol. The summed E-state index contributed by atoms with van der Waals surface area (Å²) in [5.41, 5.74) is 3.57. The normalized spacial score (nSPS) is 11.0. The number of nitrogens with zero attached hydrogens (tertiary/aromatic N) is 4. The van der Waals surface area contributed by atoms with E-state index in [0.29, 0.717) is 28.3 Å². The van der Waals surface area contributed by atoms with Crippen LogP contribution >= 0.6 is 11.6 Å². The lowest BCUT2D eigenvalue weighted by Gasteiger charge is -2.06. The molecule has 0 amide bonds. The Labute approximate surface area is 144 Å². The molecule has 0 bridgehead atoms. The van der Waals surface area contributed by atoms with E-state index in [4.69, 9.17) is 16.3 Å². The average Bonchev–Trinajstić information content (AvgIpc) is 2.87. The van der Waals surface area contributed by atoms with E-state index in [1.807, 2.05) is 32.2 Å². The fourth-order valence-electron chi connectivity index (χ4n) is 2.50. The van der Waals surface area contributed by atoms with Gasteiger partial charge in [-0.3, -0.25) is 4.98 Å². The molecule has 3 heterocycles. The minimum absolute atomic E-state index is 0.255. The molecule has 0 saturated heterocycles. The first-order chi connectivity index (χ1) is 11.5. The van der Waals surface area contributed by atoms with Gasteiger partial charge in [-0.25, -0.2) is 14.5 Å². The number of aryl methyl sites for hydroxylation is 2. The molecule has 0 fully saturated rings. The number of aromatic nitrogens is 4. The van der Waals surface area contributed by atoms with Crippen molar-refractivity contribution in [2.75, 3.05) is 6.61 Å². The van der Waals surface area contributed by atoms with Crippen LogP contribution in [0.5, 0.6) is 0 Å².